The van der Waals surface area contributed by atoms with Gasteiger partial charge in [0.1, 0.15) is 0 Å². The first kappa shape index (κ1) is 13.4. The number of aromatic nitrogens is 2. The lowest BCUT2D eigenvalue weighted by atomic mass is 10.1. The zero-order valence-electron chi connectivity index (χ0n) is 12.1. The average molecular weight is 279 g/mol. The van der Waals surface area contributed by atoms with E-state index in [0.717, 1.165) is 17.8 Å². The van der Waals surface area contributed by atoms with Crippen LogP contribution in [-0.4, -0.2) is 10.2 Å². The normalized spacial score (nSPS) is 10.6. The molecule has 0 amide bonds. The number of nitrogens with zero attached hydrogens (tertiary/aromatic N) is 2. The van der Waals surface area contributed by atoms with Crippen LogP contribution in [0.4, 0.5) is 5.69 Å². The molecule has 0 aliphatic heterocycles. The molecule has 4 heteroatoms. The van der Waals surface area contributed by atoms with E-state index in [-0.39, 0.29) is 0 Å². The van der Waals surface area contributed by atoms with Gasteiger partial charge in [0.15, 0.2) is 0 Å². The molecule has 0 saturated heterocycles. The van der Waals surface area contributed by atoms with Gasteiger partial charge in [0.2, 0.25) is 12.3 Å². The van der Waals surface area contributed by atoms with E-state index >= 15 is 0 Å². The minimum absolute atomic E-state index is 0.536. The Labute approximate surface area is 123 Å². The van der Waals surface area contributed by atoms with Crippen molar-refractivity contribution in [3.05, 3.63) is 65.5 Å². The maximum Gasteiger partial charge on any atom is 0.247 e. The van der Waals surface area contributed by atoms with Gasteiger partial charge in [-0.25, -0.2) is 0 Å². The molecule has 0 atom stereocenters. The number of hydrogen-bond acceptors (Lipinski definition) is 4. The van der Waals surface area contributed by atoms with E-state index in [1.54, 1.807) is 0 Å². The number of aryl methyl sites for hydroxylation is 2. The summed E-state index contributed by atoms with van der Waals surface area (Å²) in [6, 6.07) is 14.6. The van der Waals surface area contributed by atoms with Gasteiger partial charge >= 0.3 is 0 Å². The van der Waals surface area contributed by atoms with Crippen molar-refractivity contribution in [2.75, 3.05) is 5.32 Å². The summed E-state index contributed by atoms with van der Waals surface area (Å²) < 4.78 is 5.24. The van der Waals surface area contributed by atoms with Crippen molar-refractivity contribution < 1.29 is 4.42 Å². The summed E-state index contributed by atoms with van der Waals surface area (Å²) in [4.78, 5) is 0. The predicted octanol–water partition coefficient (Wildman–Crippen LogP) is 3.97. The molecular formula is C17H17N3O. The summed E-state index contributed by atoms with van der Waals surface area (Å²) in [6.45, 7) is 4.96. The van der Waals surface area contributed by atoms with Gasteiger partial charge in [0.05, 0.1) is 0 Å². The second-order valence-electron chi connectivity index (χ2n) is 5.11. The third-order valence-electron chi connectivity index (χ3n) is 3.45. The molecule has 0 saturated carbocycles. The quantitative estimate of drug-likeness (QED) is 0.785. The van der Waals surface area contributed by atoms with Crippen molar-refractivity contribution in [1.82, 2.24) is 10.2 Å². The highest BCUT2D eigenvalue weighted by atomic mass is 16.4. The molecule has 0 aliphatic rings. The van der Waals surface area contributed by atoms with Crippen LogP contribution in [0, 0.1) is 13.8 Å². The zero-order valence-corrected chi connectivity index (χ0v) is 12.1. The van der Waals surface area contributed by atoms with E-state index in [4.69, 9.17) is 4.42 Å². The van der Waals surface area contributed by atoms with Gasteiger partial charge in [-0.2, -0.15) is 0 Å². The molecule has 0 radical (unpaired) electrons. The summed E-state index contributed by atoms with van der Waals surface area (Å²) >= 11 is 0. The Morgan fingerprint density at radius 1 is 1.05 bits per heavy atom. The van der Waals surface area contributed by atoms with Crippen LogP contribution in [0.15, 0.2) is 53.3 Å². The molecule has 1 N–H and O–H groups in total. The maximum absolute atomic E-state index is 5.24. The summed E-state index contributed by atoms with van der Waals surface area (Å²) in [7, 11) is 0. The second-order valence-corrected chi connectivity index (χ2v) is 5.11. The number of anilines is 1. The molecule has 1 aromatic heterocycles. The van der Waals surface area contributed by atoms with E-state index in [1.165, 1.54) is 23.1 Å². The van der Waals surface area contributed by atoms with Crippen molar-refractivity contribution in [2.45, 2.75) is 20.4 Å². The van der Waals surface area contributed by atoms with E-state index in [9.17, 15) is 0 Å². The van der Waals surface area contributed by atoms with Crippen LogP contribution in [0.3, 0.4) is 0 Å². The highest BCUT2D eigenvalue weighted by Crippen LogP contribution is 2.24. The molecule has 3 rings (SSSR count). The summed E-state index contributed by atoms with van der Waals surface area (Å²) in [5, 5.41) is 11.1. The van der Waals surface area contributed by atoms with Crippen LogP contribution in [0.1, 0.15) is 16.7 Å². The lowest BCUT2D eigenvalue weighted by Gasteiger charge is -2.11. The average Bonchev–Trinajstić information content (AvgIpc) is 3.02. The van der Waals surface area contributed by atoms with E-state index in [2.05, 4.69) is 59.7 Å². The van der Waals surface area contributed by atoms with Gasteiger partial charge in [-0.15, -0.1) is 10.2 Å². The smallest absolute Gasteiger partial charge is 0.247 e. The molecule has 0 fully saturated rings. The monoisotopic (exact) mass is 279 g/mol. The van der Waals surface area contributed by atoms with Gasteiger partial charge in [-0.1, -0.05) is 35.9 Å². The molecule has 0 aliphatic carbocycles. The Kier molecular flexibility index (Phi) is 3.69. The lowest BCUT2D eigenvalue weighted by molar-refractivity contribution is 0.568. The predicted molar refractivity (Wildman–Crippen MR) is 83.0 cm³/mol. The van der Waals surface area contributed by atoms with Crippen molar-refractivity contribution in [3.63, 3.8) is 0 Å². The Morgan fingerprint density at radius 2 is 1.86 bits per heavy atom. The first-order valence-electron chi connectivity index (χ1n) is 6.89. The van der Waals surface area contributed by atoms with Crippen LogP contribution in [0.2, 0.25) is 0 Å². The minimum Gasteiger partial charge on any atom is -0.423 e. The summed E-state index contributed by atoms with van der Waals surface area (Å²) in [5.74, 6) is 0.536. The van der Waals surface area contributed by atoms with Crippen LogP contribution in [0.5, 0.6) is 0 Å². The fraction of sp³-hybridized carbons (Fsp3) is 0.176. The maximum atomic E-state index is 5.24. The molecule has 2 aromatic carbocycles. The molecular weight excluding hydrogens is 262 g/mol. The topological polar surface area (TPSA) is 51.0 Å². The second kappa shape index (κ2) is 5.79. The van der Waals surface area contributed by atoms with Crippen LogP contribution < -0.4 is 5.32 Å². The lowest BCUT2D eigenvalue weighted by Crippen LogP contribution is -2.01. The number of nitrogens with one attached hydrogen (secondary N) is 1. The Balaban J connectivity index is 1.78. The first-order valence-corrected chi connectivity index (χ1v) is 6.89. The Hall–Kier alpha value is -2.62. The van der Waals surface area contributed by atoms with E-state index in [1.807, 2.05) is 12.1 Å². The SMILES string of the molecule is Cc1ccc(CNc2cc(-c3nnco3)ccc2C)cc1. The Bertz CT molecular complexity index is 718. The van der Waals surface area contributed by atoms with Crippen LogP contribution >= 0.6 is 0 Å². The third kappa shape index (κ3) is 3.11. The number of hydrogen-bond donors (Lipinski definition) is 1. The van der Waals surface area contributed by atoms with Gasteiger partial charge < -0.3 is 9.73 Å². The summed E-state index contributed by atoms with van der Waals surface area (Å²) in [5.41, 5.74) is 5.71. The van der Waals surface area contributed by atoms with E-state index in [0.29, 0.717) is 5.89 Å². The molecule has 0 spiro atoms. The van der Waals surface area contributed by atoms with Crippen molar-refractivity contribution in [2.24, 2.45) is 0 Å². The standard InChI is InChI=1S/C17H17N3O/c1-12-3-6-14(7-4-12)10-18-16-9-15(8-5-13(16)2)17-20-19-11-21-17/h3-9,11,18H,10H2,1-2H3. The fourth-order valence-electron chi connectivity index (χ4n) is 2.15. The minimum atomic E-state index is 0.536. The van der Waals surface area contributed by atoms with Crippen molar-refractivity contribution in [3.8, 4) is 11.5 Å². The summed E-state index contributed by atoms with van der Waals surface area (Å²) in [6.07, 6.45) is 1.34. The largest absolute Gasteiger partial charge is 0.423 e. The molecule has 106 valence electrons. The molecule has 0 unspecified atom stereocenters. The van der Waals surface area contributed by atoms with Gasteiger partial charge in [-0.05, 0) is 37.1 Å². The van der Waals surface area contributed by atoms with Crippen molar-refractivity contribution in [1.29, 1.82) is 0 Å². The number of rotatable bonds is 4. The van der Waals surface area contributed by atoms with Gasteiger partial charge in [-0.3, -0.25) is 0 Å². The van der Waals surface area contributed by atoms with Crippen LogP contribution in [0.25, 0.3) is 11.5 Å². The first-order chi connectivity index (χ1) is 10.2. The van der Waals surface area contributed by atoms with E-state index < -0.39 is 0 Å². The fourth-order valence-corrected chi connectivity index (χ4v) is 2.15. The Morgan fingerprint density at radius 3 is 2.57 bits per heavy atom. The van der Waals surface area contributed by atoms with Crippen LogP contribution in [-0.2, 0) is 6.54 Å². The van der Waals surface area contributed by atoms with Gasteiger partial charge in [0, 0.05) is 17.8 Å². The van der Waals surface area contributed by atoms with Gasteiger partial charge in [0.25, 0.3) is 0 Å². The zero-order chi connectivity index (χ0) is 14.7. The van der Waals surface area contributed by atoms with Crippen molar-refractivity contribution >= 4 is 5.69 Å². The highest BCUT2D eigenvalue weighted by molar-refractivity contribution is 5.64. The molecule has 4 nitrogen and oxygen atoms in total. The number of benzene rings is 2. The third-order valence-corrected chi connectivity index (χ3v) is 3.45. The molecule has 3 aromatic rings. The molecule has 0 bridgehead atoms. The highest BCUT2D eigenvalue weighted by Gasteiger charge is 2.06. The molecule has 21 heavy (non-hydrogen) atoms. The molecule has 1 heterocycles.